The minimum Gasteiger partial charge on any atom is -0.366 e. The van der Waals surface area contributed by atoms with Gasteiger partial charge in [-0.15, -0.1) is 0 Å². The van der Waals surface area contributed by atoms with E-state index in [0.29, 0.717) is 19.7 Å². The Morgan fingerprint density at radius 1 is 1.59 bits per heavy atom. The third kappa shape index (κ3) is 3.47. The van der Waals surface area contributed by atoms with Crippen LogP contribution in [0.25, 0.3) is 0 Å². The van der Waals surface area contributed by atoms with Crippen LogP contribution < -0.4 is 10.6 Å². The van der Waals surface area contributed by atoms with Gasteiger partial charge in [0.2, 0.25) is 0 Å². The molecule has 1 aromatic rings. The highest BCUT2D eigenvalue weighted by atomic mass is 16.5. The maximum Gasteiger partial charge on any atom is 0.250 e. The minimum atomic E-state index is -0.401. The molecule has 0 bridgehead atoms. The summed E-state index contributed by atoms with van der Waals surface area (Å²) in [7, 11) is 0. The molecule has 1 amide bonds. The summed E-state index contributed by atoms with van der Waals surface area (Å²) in [6.07, 6.45) is 2.94. The Labute approximate surface area is 99.8 Å². The molecule has 1 atom stereocenters. The predicted octanol–water partition coefficient (Wildman–Crippen LogP) is -0.610. The Morgan fingerprint density at radius 2 is 2.47 bits per heavy atom. The molecule has 1 fully saturated rings. The molecule has 0 aromatic carbocycles. The fraction of sp³-hybridized carbons (Fsp3) is 0.545. The standard InChI is InChI=1S/C11H16N4O2/c1-8-4-14-9(5-13-8)6-15-11(16)10-7-12-2-3-17-10/h4-5,10,12H,2-3,6-7H2,1H3,(H,15,16). The summed E-state index contributed by atoms with van der Waals surface area (Å²) in [6.45, 7) is 4.18. The number of carbonyl (C=O) groups excluding carboxylic acids is 1. The van der Waals surface area contributed by atoms with Gasteiger partial charge in [-0.2, -0.15) is 0 Å². The number of ether oxygens (including phenoxy) is 1. The number of amides is 1. The second-order valence-electron chi connectivity index (χ2n) is 3.93. The van der Waals surface area contributed by atoms with E-state index in [4.69, 9.17) is 4.74 Å². The van der Waals surface area contributed by atoms with Gasteiger partial charge >= 0.3 is 0 Å². The van der Waals surface area contributed by atoms with Gasteiger partial charge in [0.25, 0.3) is 5.91 Å². The number of hydrogen-bond donors (Lipinski definition) is 2. The van der Waals surface area contributed by atoms with Gasteiger partial charge in [-0.1, -0.05) is 0 Å². The Kier molecular flexibility index (Phi) is 4.00. The number of rotatable bonds is 3. The van der Waals surface area contributed by atoms with Crippen LogP contribution in [0.4, 0.5) is 0 Å². The molecule has 1 saturated heterocycles. The van der Waals surface area contributed by atoms with Crippen LogP contribution in [0.3, 0.4) is 0 Å². The van der Waals surface area contributed by atoms with E-state index in [9.17, 15) is 4.79 Å². The van der Waals surface area contributed by atoms with Crippen molar-refractivity contribution in [2.24, 2.45) is 0 Å². The van der Waals surface area contributed by atoms with Gasteiger partial charge in [0.1, 0.15) is 6.10 Å². The quantitative estimate of drug-likeness (QED) is 0.732. The first-order chi connectivity index (χ1) is 8.25. The second-order valence-corrected chi connectivity index (χ2v) is 3.93. The highest BCUT2D eigenvalue weighted by Gasteiger charge is 2.21. The maximum atomic E-state index is 11.7. The van der Waals surface area contributed by atoms with Crippen LogP contribution in [0.2, 0.25) is 0 Å². The van der Waals surface area contributed by atoms with Gasteiger partial charge in [0.05, 0.1) is 30.7 Å². The molecule has 17 heavy (non-hydrogen) atoms. The fourth-order valence-corrected chi connectivity index (χ4v) is 1.54. The van der Waals surface area contributed by atoms with Gasteiger partial charge in [0, 0.05) is 19.3 Å². The number of hydrogen-bond acceptors (Lipinski definition) is 5. The zero-order valence-electron chi connectivity index (χ0n) is 9.77. The van der Waals surface area contributed by atoms with Crippen molar-refractivity contribution in [1.82, 2.24) is 20.6 Å². The lowest BCUT2D eigenvalue weighted by atomic mass is 10.3. The second kappa shape index (κ2) is 5.70. The number of aryl methyl sites for hydroxylation is 1. The molecule has 92 valence electrons. The molecule has 2 heterocycles. The van der Waals surface area contributed by atoms with Gasteiger partial charge in [0.15, 0.2) is 0 Å². The lowest BCUT2D eigenvalue weighted by molar-refractivity contribution is -0.134. The zero-order chi connectivity index (χ0) is 12.1. The van der Waals surface area contributed by atoms with E-state index in [1.807, 2.05) is 6.92 Å². The SMILES string of the molecule is Cc1cnc(CNC(=O)C2CNCCO2)cn1. The van der Waals surface area contributed by atoms with Crippen molar-refractivity contribution >= 4 is 5.91 Å². The predicted molar refractivity (Wildman–Crippen MR) is 61.2 cm³/mol. The number of nitrogens with one attached hydrogen (secondary N) is 2. The number of morpholine rings is 1. The van der Waals surface area contributed by atoms with E-state index in [2.05, 4.69) is 20.6 Å². The lowest BCUT2D eigenvalue weighted by Crippen LogP contribution is -2.47. The first kappa shape index (κ1) is 11.9. The molecule has 6 nitrogen and oxygen atoms in total. The number of carbonyl (C=O) groups is 1. The molecule has 1 aliphatic rings. The average Bonchev–Trinajstić information content (AvgIpc) is 2.39. The number of aromatic nitrogens is 2. The molecular formula is C11H16N4O2. The van der Waals surface area contributed by atoms with Gasteiger partial charge in [-0.25, -0.2) is 0 Å². The van der Waals surface area contributed by atoms with Gasteiger partial charge in [-0.05, 0) is 6.92 Å². The molecule has 0 aliphatic carbocycles. The Morgan fingerprint density at radius 3 is 3.12 bits per heavy atom. The van der Waals surface area contributed by atoms with Crippen molar-refractivity contribution in [2.45, 2.75) is 19.6 Å². The van der Waals surface area contributed by atoms with E-state index >= 15 is 0 Å². The maximum absolute atomic E-state index is 11.7. The van der Waals surface area contributed by atoms with Gasteiger partial charge in [-0.3, -0.25) is 14.8 Å². The van der Waals surface area contributed by atoms with Crippen molar-refractivity contribution in [1.29, 1.82) is 0 Å². The molecule has 1 aromatic heterocycles. The molecule has 2 rings (SSSR count). The summed E-state index contributed by atoms with van der Waals surface area (Å²) in [5, 5.41) is 5.89. The van der Waals surface area contributed by atoms with E-state index < -0.39 is 6.10 Å². The third-order valence-electron chi connectivity index (χ3n) is 2.50. The smallest absolute Gasteiger partial charge is 0.250 e. The normalized spacial score (nSPS) is 19.9. The summed E-state index contributed by atoms with van der Waals surface area (Å²) in [4.78, 5) is 20.0. The van der Waals surface area contributed by atoms with Crippen LogP contribution in [-0.2, 0) is 16.1 Å². The summed E-state index contributed by atoms with van der Waals surface area (Å²) in [5.41, 5.74) is 1.60. The highest BCUT2D eigenvalue weighted by Crippen LogP contribution is 1.98. The molecule has 0 radical (unpaired) electrons. The third-order valence-corrected chi connectivity index (χ3v) is 2.50. The molecule has 0 saturated carbocycles. The summed E-state index contributed by atoms with van der Waals surface area (Å²) < 4.78 is 5.34. The molecular weight excluding hydrogens is 220 g/mol. The summed E-state index contributed by atoms with van der Waals surface area (Å²) in [6, 6.07) is 0. The molecule has 2 N–H and O–H groups in total. The molecule has 1 unspecified atom stereocenters. The molecule has 6 heteroatoms. The fourth-order valence-electron chi connectivity index (χ4n) is 1.54. The Bertz CT molecular complexity index is 374. The van der Waals surface area contributed by atoms with Crippen LogP contribution in [0, 0.1) is 6.92 Å². The lowest BCUT2D eigenvalue weighted by Gasteiger charge is -2.22. The molecule has 0 spiro atoms. The average molecular weight is 236 g/mol. The van der Waals surface area contributed by atoms with Crippen molar-refractivity contribution in [3.8, 4) is 0 Å². The largest absolute Gasteiger partial charge is 0.366 e. The zero-order valence-corrected chi connectivity index (χ0v) is 9.77. The minimum absolute atomic E-state index is 0.112. The van der Waals surface area contributed by atoms with E-state index in [-0.39, 0.29) is 5.91 Å². The summed E-state index contributed by atoms with van der Waals surface area (Å²) >= 11 is 0. The van der Waals surface area contributed by atoms with E-state index in [1.165, 1.54) is 0 Å². The summed E-state index contributed by atoms with van der Waals surface area (Å²) in [5.74, 6) is -0.112. The van der Waals surface area contributed by atoms with Gasteiger partial charge < -0.3 is 15.4 Å². The first-order valence-electron chi connectivity index (χ1n) is 5.63. The first-order valence-corrected chi connectivity index (χ1v) is 5.63. The van der Waals surface area contributed by atoms with E-state index in [0.717, 1.165) is 17.9 Å². The monoisotopic (exact) mass is 236 g/mol. The van der Waals surface area contributed by atoms with Crippen LogP contribution in [0.5, 0.6) is 0 Å². The Hall–Kier alpha value is -1.53. The Balaban J connectivity index is 1.81. The number of nitrogens with zero attached hydrogens (tertiary/aromatic N) is 2. The van der Waals surface area contributed by atoms with Crippen LogP contribution >= 0.6 is 0 Å². The van der Waals surface area contributed by atoms with Crippen LogP contribution in [0.1, 0.15) is 11.4 Å². The highest BCUT2D eigenvalue weighted by molar-refractivity contribution is 5.81. The van der Waals surface area contributed by atoms with E-state index in [1.54, 1.807) is 12.4 Å². The van der Waals surface area contributed by atoms with Crippen LogP contribution in [-0.4, -0.2) is 41.7 Å². The van der Waals surface area contributed by atoms with Crippen molar-refractivity contribution < 1.29 is 9.53 Å². The van der Waals surface area contributed by atoms with Crippen molar-refractivity contribution in [3.05, 3.63) is 23.8 Å². The topological polar surface area (TPSA) is 76.1 Å². The van der Waals surface area contributed by atoms with Crippen molar-refractivity contribution in [2.75, 3.05) is 19.7 Å². The van der Waals surface area contributed by atoms with Crippen molar-refractivity contribution in [3.63, 3.8) is 0 Å². The van der Waals surface area contributed by atoms with Crippen LogP contribution in [0.15, 0.2) is 12.4 Å². The molecule has 1 aliphatic heterocycles.